The van der Waals surface area contributed by atoms with Crippen molar-refractivity contribution < 1.29 is 19.4 Å². The van der Waals surface area contributed by atoms with E-state index < -0.39 is 17.6 Å². The second-order valence-electron chi connectivity index (χ2n) is 5.68. The monoisotopic (exact) mass is 303 g/mol. The number of nitrogens with one attached hydrogen (secondary N) is 1. The molecule has 1 saturated heterocycles. The van der Waals surface area contributed by atoms with Crippen LogP contribution in [0.1, 0.15) is 40.0 Å². The second kappa shape index (κ2) is 7.88. The highest BCUT2D eigenvalue weighted by atomic mass is 32.2. The number of hydrogen-bond acceptors (Lipinski definition) is 4. The number of carboxylic acids is 1. The van der Waals surface area contributed by atoms with Crippen molar-refractivity contribution >= 4 is 23.6 Å². The highest BCUT2D eigenvalue weighted by molar-refractivity contribution is 7.99. The quantitative estimate of drug-likeness (QED) is 0.751. The molecule has 0 aromatic carbocycles. The van der Waals surface area contributed by atoms with Crippen molar-refractivity contribution in [2.45, 2.75) is 51.7 Å². The summed E-state index contributed by atoms with van der Waals surface area (Å²) in [5.41, 5.74) is -1.11. The molecule has 1 unspecified atom stereocenters. The number of amides is 1. The number of carboxylic acid groups (broad SMARTS) is 1. The number of carbonyl (C=O) groups is 2. The van der Waals surface area contributed by atoms with E-state index in [2.05, 4.69) is 19.2 Å². The predicted molar refractivity (Wildman–Crippen MR) is 79.9 cm³/mol. The zero-order valence-electron chi connectivity index (χ0n) is 12.5. The Kier molecular flexibility index (Phi) is 6.82. The smallest absolute Gasteiger partial charge is 0.329 e. The van der Waals surface area contributed by atoms with Gasteiger partial charge in [0.25, 0.3) is 0 Å². The molecule has 1 amide bonds. The number of hydrogen-bond donors (Lipinski definition) is 2. The summed E-state index contributed by atoms with van der Waals surface area (Å²) in [4.78, 5) is 23.6. The Morgan fingerprint density at radius 3 is 2.40 bits per heavy atom. The molecule has 0 aromatic heterocycles. The Labute approximate surface area is 124 Å². The molecule has 5 nitrogen and oxygen atoms in total. The fourth-order valence-corrected chi connectivity index (χ4v) is 3.20. The summed E-state index contributed by atoms with van der Waals surface area (Å²) in [7, 11) is 0. The molecule has 116 valence electrons. The molecule has 0 bridgehead atoms. The molecule has 1 aliphatic rings. The normalized spacial score (nSPS) is 19.6. The van der Waals surface area contributed by atoms with Gasteiger partial charge in [-0.1, -0.05) is 13.8 Å². The van der Waals surface area contributed by atoms with E-state index in [1.54, 1.807) is 18.7 Å². The van der Waals surface area contributed by atoms with Crippen molar-refractivity contribution in [3.05, 3.63) is 0 Å². The van der Waals surface area contributed by atoms with Crippen LogP contribution in [0, 0.1) is 5.92 Å². The minimum atomic E-state index is -1.11. The maximum Gasteiger partial charge on any atom is 0.329 e. The van der Waals surface area contributed by atoms with E-state index in [1.807, 2.05) is 0 Å². The molecule has 6 heteroatoms. The van der Waals surface area contributed by atoms with Gasteiger partial charge in [-0.15, -0.1) is 0 Å². The van der Waals surface area contributed by atoms with Gasteiger partial charge in [-0.2, -0.15) is 11.8 Å². The van der Waals surface area contributed by atoms with Gasteiger partial charge in [0.1, 0.15) is 11.6 Å². The summed E-state index contributed by atoms with van der Waals surface area (Å²) in [5, 5.41) is 12.1. The molecule has 0 aliphatic carbocycles. The number of aliphatic carboxylic acids is 1. The van der Waals surface area contributed by atoms with Crippen LogP contribution < -0.4 is 5.32 Å². The van der Waals surface area contributed by atoms with Gasteiger partial charge in [-0.25, -0.2) is 4.79 Å². The summed E-state index contributed by atoms with van der Waals surface area (Å²) < 4.78 is 5.47. The molecule has 0 radical (unpaired) electrons. The summed E-state index contributed by atoms with van der Waals surface area (Å²) in [5.74, 6) is 0.763. The maximum atomic E-state index is 12.1. The zero-order valence-corrected chi connectivity index (χ0v) is 13.3. The molecule has 0 spiro atoms. The Balaban J connectivity index is 2.51. The van der Waals surface area contributed by atoms with E-state index in [1.165, 1.54) is 0 Å². The lowest BCUT2D eigenvalue weighted by Crippen LogP contribution is -2.58. The highest BCUT2D eigenvalue weighted by Gasteiger charge is 2.42. The van der Waals surface area contributed by atoms with Crippen molar-refractivity contribution in [3.63, 3.8) is 0 Å². The van der Waals surface area contributed by atoms with Gasteiger partial charge in [0.15, 0.2) is 0 Å². The van der Waals surface area contributed by atoms with Gasteiger partial charge in [0.2, 0.25) is 5.91 Å². The van der Waals surface area contributed by atoms with Crippen LogP contribution in [0.5, 0.6) is 0 Å². The minimum Gasteiger partial charge on any atom is -0.480 e. The SMILES string of the molecule is CC(C)CCOC(C)C(=O)NC1(C(=O)O)CCSCC1. The van der Waals surface area contributed by atoms with Gasteiger partial charge in [0, 0.05) is 6.61 Å². The molecule has 1 atom stereocenters. The molecule has 1 fully saturated rings. The van der Waals surface area contributed by atoms with Crippen LogP contribution in [0.3, 0.4) is 0 Å². The Bertz CT molecular complexity index is 340. The number of carbonyl (C=O) groups excluding carboxylic acids is 1. The van der Waals surface area contributed by atoms with Crippen LogP contribution in [-0.2, 0) is 14.3 Å². The molecule has 1 aliphatic heterocycles. The second-order valence-corrected chi connectivity index (χ2v) is 6.91. The lowest BCUT2D eigenvalue weighted by atomic mass is 9.92. The molecular formula is C14H25NO4S. The van der Waals surface area contributed by atoms with Crippen molar-refractivity contribution in [3.8, 4) is 0 Å². The lowest BCUT2D eigenvalue weighted by molar-refractivity contribution is -0.150. The fourth-order valence-electron chi connectivity index (χ4n) is 2.01. The summed E-state index contributed by atoms with van der Waals surface area (Å²) in [6.07, 6.45) is 1.22. The first-order valence-electron chi connectivity index (χ1n) is 7.12. The van der Waals surface area contributed by atoms with Crippen LogP contribution in [0.4, 0.5) is 0 Å². The van der Waals surface area contributed by atoms with Crippen molar-refractivity contribution in [2.24, 2.45) is 5.92 Å². The molecule has 1 rings (SSSR count). The van der Waals surface area contributed by atoms with E-state index in [9.17, 15) is 14.7 Å². The average molecular weight is 303 g/mol. The standard InChI is InChI=1S/C14H25NO4S/c1-10(2)4-7-19-11(3)12(16)15-14(13(17)18)5-8-20-9-6-14/h10-11H,4-9H2,1-3H3,(H,15,16)(H,17,18). The average Bonchev–Trinajstić information content (AvgIpc) is 2.39. The van der Waals surface area contributed by atoms with Crippen molar-refractivity contribution in [1.29, 1.82) is 0 Å². The largest absolute Gasteiger partial charge is 0.480 e. The molecule has 0 aromatic rings. The Morgan fingerprint density at radius 1 is 1.30 bits per heavy atom. The first-order valence-corrected chi connectivity index (χ1v) is 8.27. The van der Waals surface area contributed by atoms with Gasteiger partial charge >= 0.3 is 5.97 Å². The van der Waals surface area contributed by atoms with Crippen LogP contribution in [0.2, 0.25) is 0 Å². The topological polar surface area (TPSA) is 75.6 Å². The van der Waals surface area contributed by atoms with E-state index >= 15 is 0 Å². The molecule has 2 N–H and O–H groups in total. The van der Waals surface area contributed by atoms with Crippen LogP contribution in [0.25, 0.3) is 0 Å². The maximum absolute atomic E-state index is 12.1. The number of ether oxygens (including phenoxy) is 1. The van der Waals surface area contributed by atoms with Gasteiger partial charge in [0.05, 0.1) is 0 Å². The van der Waals surface area contributed by atoms with Gasteiger partial charge < -0.3 is 15.2 Å². The van der Waals surface area contributed by atoms with Crippen molar-refractivity contribution in [1.82, 2.24) is 5.32 Å². The molecule has 0 saturated carbocycles. The molecule has 20 heavy (non-hydrogen) atoms. The van der Waals surface area contributed by atoms with E-state index in [-0.39, 0.29) is 5.91 Å². The number of thioether (sulfide) groups is 1. The lowest BCUT2D eigenvalue weighted by Gasteiger charge is -2.34. The van der Waals surface area contributed by atoms with E-state index in [0.29, 0.717) is 25.4 Å². The van der Waals surface area contributed by atoms with Gasteiger partial charge in [-0.05, 0) is 43.6 Å². The first kappa shape index (κ1) is 17.3. The highest BCUT2D eigenvalue weighted by Crippen LogP contribution is 2.27. The predicted octanol–water partition coefficient (Wildman–Crippen LogP) is 1.90. The van der Waals surface area contributed by atoms with Crippen LogP contribution >= 0.6 is 11.8 Å². The number of rotatable bonds is 7. The van der Waals surface area contributed by atoms with Crippen LogP contribution in [-0.4, -0.2) is 46.7 Å². The molecule has 1 heterocycles. The van der Waals surface area contributed by atoms with E-state index in [0.717, 1.165) is 17.9 Å². The Morgan fingerprint density at radius 2 is 1.90 bits per heavy atom. The van der Waals surface area contributed by atoms with Gasteiger partial charge in [-0.3, -0.25) is 4.79 Å². The first-order chi connectivity index (χ1) is 9.37. The third kappa shape index (κ3) is 4.98. The van der Waals surface area contributed by atoms with E-state index in [4.69, 9.17) is 4.74 Å². The molecular weight excluding hydrogens is 278 g/mol. The third-order valence-corrected chi connectivity index (χ3v) is 4.54. The zero-order chi connectivity index (χ0) is 15.2. The van der Waals surface area contributed by atoms with Crippen molar-refractivity contribution in [2.75, 3.05) is 18.1 Å². The third-order valence-electron chi connectivity index (χ3n) is 3.55. The summed E-state index contributed by atoms with van der Waals surface area (Å²) in [6, 6.07) is 0. The summed E-state index contributed by atoms with van der Waals surface area (Å²) >= 11 is 1.72. The fraction of sp³-hybridized carbons (Fsp3) is 0.857. The van der Waals surface area contributed by atoms with Crippen LogP contribution in [0.15, 0.2) is 0 Å². The minimum absolute atomic E-state index is 0.331. The Hall–Kier alpha value is -0.750. The summed E-state index contributed by atoms with van der Waals surface area (Å²) in [6.45, 7) is 6.37.